The summed E-state index contributed by atoms with van der Waals surface area (Å²) in [4.78, 5) is 24.4. The van der Waals surface area contributed by atoms with Crippen LogP contribution in [0.15, 0.2) is 65.8 Å². The van der Waals surface area contributed by atoms with Crippen molar-refractivity contribution in [2.24, 2.45) is 5.10 Å². The normalized spacial score (nSPS) is 10.6. The number of benzene rings is 3. The number of nitrogens with one attached hydrogen (secondary N) is 1. The number of hydrogen-bond donors (Lipinski definition) is 1. The second kappa shape index (κ2) is 11.9. The second-order valence-electron chi connectivity index (χ2n) is 6.69. The SMILES string of the molecule is COc1cccc(C(=O)Oc2ccc(C=NNC(=O)COc3ccc(Cl)cc3Cl)cc2OC)c1. The molecule has 0 fully saturated rings. The number of nitrogens with zero attached hydrogens (tertiary/aromatic N) is 1. The van der Waals surface area contributed by atoms with Crippen molar-refractivity contribution in [3.8, 4) is 23.0 Å². The molecule has 0 unspecified atom stereocenters. The Bertz CT molecular complexity index is 1220. The number of hydrazone groups is 1. The molecule has 0 radical (unpaired) electrons. The summed E-state index contributed by atoms with van der Waals surface area (Å²) in [6.45, 7) is -0.291. The van der Waals surface area contributed by atoms with E-state index >= 15 is 0 Å². The molecule has 0 aliphatic carbocycles. The largest absolute Gasteiger partial charge is 0.497 e. The van der Waals surface area contributed by atoms with Crippen molar-refractivity contribution in [2.75, 3.05) is 20.8 Å². The Morgan fingerprint density at radius 2 is 1.74 bits per heavy atom. The van der Waals surface area contributed by atoms with E-state index < -0.39 is 11.9 Å². The number of rotatable bonds is 9. The maximum absolute atomic E-state index is 12.5. The van der Waals surface area contributed by atoms with Crippen LogP contribution in [-0.2, 0) is 4.79 Å². The number of amides is 1. The van der Waals surface area contributed by atoms with Gasteiger partial charge in [0, 0.05) is 5.02 Å². The van der Waals surface area contributed by atoms with Gasteiger partial charge in [-0.3, -0.25) is 4.79 Å². The second-order valence-corrected chi connectivity index (χ2v) is 7.53. The lowest BCUT2D eigenvalue weighted by atomic mass is 10.2. The lowest BCUT2D eigenvalue weighted by Crippen LogP contribution is -2.24. The van der Waals surface area contributed by atoms with Gasteiger partial charge in [0.25, 0.3) is 5.91 Å². The minimum Gasteiger partial charge on any atom is -0.497 e. The third-order valence-electron chi connectivity index (χ3n) is 4.35. The van der Waals surface area contributed by atoms with E-state index in [0.717, 1.165) is 0 Å². The molecule has 0 saturated carbocycles. The molecule has 34 heavy (non-hydrogen) atoms. The van der Waals surface area contributed by atoms with Gasteiger partial charge in [-0.15, -0.1) is 0 Å². The molecular formula is C24H20Cl2N2O6. The summed E-state index contributed by atoms with van der Waals surface area (Å²) in [5, 5.41) is 4.64. The molecule has 3 rings (SSSR count). The minimum atomic E-state index is -0.563. The Kier molecular flexibility index (Phi) is 8.73. The van der Waals surface area contributed by atoms with Gasteiger partial charge in [-0.1, -0.05) is 29.3 Å². The molecule has 8 nitrogen and oxygen atoms in total. The highest BCUT2D eigenvalue weighted by Gasteiger charge is 2.13. The number of ether oxygens (including phenoxy) is 4. The fraction of sp³-hybridized carbons (Fsp3) is 0.125. The molecule has 0 atom stereocenters. The predicted molar refractivity (Wildman–Crippen MR) is 129 cm³/mol. The van der Waals surface area contributed by atoms with E-state index in [0.29, 0.717) is 38.4 Å². The maximum atomic E-state index is 12.5. The van der Waals surface area contributed by atoms with Crippen LogP contribution in [0.25, 0.3) is 0 Å². The number of methoxy groups -OCH3 is 2. The van der Waals surface area contributed by atoms with Crippen LogP contribution >= 0.6 is 23.2 Å². The molecule has 0 bridgehead atoms. The monoisotopic (exact) mass is 502 g/mol. The molecule has 3 aromatic carbocycles. The van der Waals surface area contributed by atoms with E-state index in [-0.39, 0.29) is 12.4 Å². The summed E-state index contributed by atoms with van der Waals surface area (Å²) in [7, 11) is 2.96. The highest BCUT2D eigenvalue weighted by molar-refractivity contribution is 6.35. The Morgan fingerprint density at radius 1 is 0.941 bits per heavy atom. The summed E-state index contributed by atoms with van der Waals surface area (Å²) in [6.07, 6.45) is 1.41. The van der Waals surface area contributed by atoms with Gasteiger partial charge in [0.05, 0.1) is 31.0 Å². The van der Waals surface area contributed by atoms with Crippen molar-refractivity contribution in [3.05, 3.63) is 81.8 Å². The zero-order valence-electron chi connectivity index (χ0n) is 18.2. The maximum Gasteiger partial charge on any atom is 0.343 e. The van der Waals surface area contributed by atoms with Gasteiger partial charge in [0.15, 0.2) is 18.1 Å². The molecule has 176 valence electrons. The van der Waals surface area contributed by atoms with Crippen LogP contribution < -0.4 is 24.4 Å². The quantitative estimate of drug-likeness (QED) is 0.196. The van der Waals surface area contributed by atoms with Crippen molar-refractivity contribution in [3.63, 3.8) is 0 Å². The average molecular weight is 503 g/mol. The average Bonchev–Trinajstić information content (AvgIpc) is 2.84. The molecule has 0 heterocycles. The summed E-state index contributed by atoms with van der Waals surface area (Å²) < 4.78 is 21.2. The first-order valence-corrected chi connectivity index (χ1v) is 10.6. The Hall–Kier alpha value is -3.75. The van der Waals surface area contributed by atoms with Crippen LogP contribution in [0.3, 0.4) is 0 Å². The van der Waals surface area contributed by atoms with E-state index in [2.05, 4.69) is 10.5 Å². The van der Waals surface area contributed by atoms with Crippen LogP contribution in [0, 0.1) is 0 Å². The van der Waals surface area contributed by atoms with Crippen molar-refractivity contribution in [1.29, 1.82) is 0 Å². The topological polar surface area (TPSA) is 95.5 Å². The molecule has 0 saturated heterocycles. The third-order valence-corrected chi connectivity index (χ3v) is 4.88. The molecule has 0 spiro atoms. The fourth-order valence-corrected chi connectivity index (χ4v) is 3.17. The number of esters is 1. The van der Waals surface area contributed by atoms with E-state index in [9.17, 15) is 9.59 Å². The van der Waals surface area contributed by atoms with E-state index in [1.165, 1.54) is 26.5 Å². The van der Waals surface area contributed by atoms with E-state index in [4.69, 9.17) is 42.1 Å². The summed E-state index contributed by atoms with van der Waals surface area (Å²) in [5.74, 6) is 0.354. The summed E-state index contributed by atoms with van der Waals surface area (Å²) in [6, 6.07) is 16.1. The van der Waals surface area contributed by atoms with E-state index in [1.54, 1.807) is 54.6 Å². The zero-order chi connectivity index (χ0) is 24.5. The predicted octanol–water partition coefficient (Wildman–Crippen LogP) is 4.76. The molecule has 0 aliphatic heterocycles. The molecule has 0 aromatic heterocycles. The Morgan fingerprint density at radius 3 is 2.47 bits per heavy atom. The highest BCUT2D eigenvalue weighted by atomic mass is 35.5. The van der Waals surface area contributed by atoms with Gasteiger partial charge in [-0.25, -0.2) is 10.2 Å². The molecule has 10 heteroatoms. The van der Waals surface area contributed by atoms with Gasteiger partial charge < -0.3 is 18.9 Å². The molecule has 1 N–H and O–H groups in total. The summed E-state index contributed by atoms with van der Waals surface area (Å²) in [5.41, 5.74) is 3.27. The van der Waals surface area contributed by atoms with Crippen LogP contribution in [0.1, 0.15) is 15.9 Å². The number of carbonyl (C=O) groups is 2. The number of halogens is 2. The van der Waals surface area contributed by atoms with Gasteiger partial charge in [0.2, 0.25) is 0 Å². The van der Waals surface area contributed by atoms with Gasteiger partial charge in [0.1, 0.15) is 11.5 Å². The van der Waals surface area contributed by atoms with Crippen LogP contribution in [0.4, 0.5) is 0 Å². The van der Waals surface area contributed by atoms with Crippen molar-refractivity contribution in [2.45, 2.75) is 0 Å². The van der Waals surface area contributed by atoms with Gasteiger partial charge in [-0.2, -0.15) is 5.10 Å². The fourth-order valence-electron chi connectivity index (χ4n) is 2.70. The standard InChI is InChI=1S/C24H20Cl2N2O6/c1-31-18-5-3-4-16(11-18)24(30)34-21-8-6-15(10-22(21)32-2)13-27-28-23(29)14-33-20-9-7-17(25)12-19(20)26/h3-13H,14H2,1-2H3,(H,28,29). The minimum absolute atomic E-state index is 0.227. The number of hydrogen-bond acceptors (Lipinski definition) is 7. The van der Waals surface area contributed by atoms with Gasteiger partial charge >= 0.3 is 5.97 Å². The number of carbonyl (C=O) groups excluding carboxylic acids is 2. The van der Waals surface area contributed by atoms with Crippen LogP contribution in [0.5, 0.6) is 23.0 Å². The Labute approximate surface area is 206 Å². The molecular weight excluding hydrogens is 483 g/mol. The van der Waals surface area contributed by atoms with Crippen LogP contribution in [-0.4, -0.2) is 38.9 Å². The molecule has 3 aromatic rings. The Balaban J connectivity index is 1.57. The lowest BCUT2D eigenvalue weighted by Gasteiger charge is -2.10. The van der Waals surface area contributed by atoms with Crippen molar-refractivity contribution >= 4 is 41.3 Å². The zero-order valence-corrected chi connectivity index (χ0v) is 19.7. The summed E-state index contributed by atoms with van der Waals surface area (Å²) >= 11 is 11.8. The molecule has 0 aliphatic rings. The smallest absolute Gasteiger partial charge is 0.343 e. The van der Waals surface area contributed by atoms with Crippen molar-refractivity contribution < 1.29 is 28.5 Å². The third kappa shape index (κ3) is 6.87. The molecule has 1 amide bonds. The first-order chi connectivity index (χ1) is 16.4. The highest BCUT2D eigenvalue weighted by Crippen LogP contribution is 2.29. The lowest BCUT2D eigenvalue weighted by molar-refractivity contribution is -0.123. The first-order valence-electron chi connectivity index (χ1n) is 9.83. The van der Waals surface area contributed by atoms with Crippen molar-refractivity contribution in [1.82, 2.24) is 5.43 Å². The van der Waals surface area contributed by atoms with Crippen LogP contribution in [0.2, 0.25) is 10.0 Å². The first kappa shape index (κ1) is 24.9. The van der Waals surface area contributed by atoms with Gasteiger partial charge in [-0.05, 0) is 60.2 Å². The van der Waals surface area contributed by atoms with E-state index in [1.807, 2.05) is 0 Å².